The molecular weight excluding hydrogens is 326 g/mol. The van der Waals surface area contributed by atoms with Crippen molar-refractivity contribution in [1.29, 1.82) is 0 Å². The van der Waals surface area contributed by atoms with Gasteiger partial charge in [0.1, 0.15) is 5.75 Å². The van der Waals surface area contributed by atoms with Crippen LogP contribution in [0.1, 0.15) is 19.5 Å². The number of fused-ring (bicyclic) bond motifs is 2. The highest BCUT2D eigenvalue weighted by Gasteiger charge is 2.42. The minimum Gasteiger partial charge on any atom is -0.497 e. The Morgan fingerprint density at radius 1 is 1.15 bits per heavy atom. The first-order valence-corrected chi connectivity index (χ1v) is 8.90. The molecule has 0 amide bonds. The number of aliphatic hydroxyl groups is 1. The van der Waals surface area contributed by atoms with Gasteiger partial charge in [-0.15, -0.1) is 0 Å². The summed E-state index contributed by atoms with van der Waals surface area (Å²) in [6.07, 6.45) is 0. The monoisotopic (exact) mass is 349 g/mol. The number of aromatic nitrogens is 1. The first-order valence-electron chi connectivity index (χ1n) is 8.90. The summed E-state index contributed by atoms with van der Waals surface area (Å²) in [5.41, 5.74) is 2.81. The largest absolute Gasteiger partial charge is 0.497 e. The van der Waals surface area contributed by atoms with E-state index in [0.29, 0.717) is 11.9 Å². The SMILES string of the molecule is COc1ccc2c(=O)n3c(c(-c4ccccc4)c2c1)C(C)(C)C(CO)C3. The molecule has 0 saturated carbocycles. The van der Waals surface area contributed by atoms with Crippen molar-refractivity contribution in [3.8, 4) is 16.9 Å². The summed E-state index contributed by atoms with van der Waals surface area (Å²) in [6.45, 7) is 4.83. The molecule has 2 heterocycles. The molecule has 1 aliphatic heterocycles. The molecule has 1 N–H and O–H groups in total. The maximum Gasteiger partial charge on any atom is 0.258 e. The molecule has 1 atom stereocenters. The van der Waals surface area contributed by atoms with Crippen LogP contribution in [0.4, 0.5) is 0 Å². The molecule has 0 bridgehead atoms. The zero-order valence-electron chi connectivity index (χ0n) is 15.3. The van der Waals surface area contributed by atoms with Crippen molar-refractivity contribution in [3.63, 3.8) is 0 Å². The van der Waals surface area contributed by atoms with Crippen LogP contribution in [0, 0.1) is 5.92 Å². The summed E-state index contributed by atoms with van der Waals surface area (Å²) in [7, 11) is 1.63. The number of rotatable bonds is 3. The van der Waals surface area contributed by atoms with Crippen LogP contribution >= 0.6 is 0 Å². The van der Waals surface area contributed by atoms with Crippen LogP contribution in [0.25, 0.3) is 21.9 Å². The summed E-state index contributed by atoms with van der Waals surface area (Å²) in [5.74, 6) is 0.741. The Kier molecular flexibility index (Phi) is 3.88. The van der Waals surface area contributed by atoms with Crippen LogP contribution in [0.2, 0.25) is 0 Å². The lowest BCUT2D eigenvalue weighted by Crippen LogP contribution is -2.27. The third kappa shape index (κ3) is 2.29. The summed E-state index contributed by atoms with van der Waals surface area (Å²) in [5, 5.41) is 11.5. The third-order valence-corrected chi connectivity index (χ3v) is 5.80. The molecule has 134 valence electrons. The Morgan fingerprint density at radius 3 is 2.54 bits per heavy atom. The van der Waals surface area contributed by atoms with Crippen molar-refractivity contribution < 1.29 is 9.84 Å². The van der Waals surface area contributed by atoms with Crippen LogP contribution in [-0.2, 0) is 12.0 Å². The number of benzene rings is 2. The van der Waals surface area contributed by atoms with Gasteiger partial charge in [-0.2, -0.15) is 0 Å². The Balaban J connectivity index is 2.19. The van der Waals surface area contributed by atoms with Crippen molar-refractivity contribution in [1.82, 2.24) is 4.57 Å². The van der Waals surface area contributed by atoms with E-state index in [-0.39, 0.29) is 23.5 Å². The Bertz CT molecular complexity index is 1030. The van der Waals surface area contributed by atoms with E-state index in [1.54, 1.807) is 7.11 Å². The van der Waals surface area contributed by atoms with Gasteiger partial charge < -0.3 is 14.4 Å². The van der Waals surface area contributed by atoms with E-state index in [2.05, 4.69) is 26.0 Å². The summed E-state index contributed by atoms with van der Waals surface area (Å²) < 4.78 is 7.28. The van der Waals surface area contributed by atoms with Gasteiger partial charge in [-0.1, -0.05) is 44.2 Å². The molecule has 4 heteroatoms. The maximum atomic E-state index is 13.2. The molecule has 0 radical (unpaired) electrons. The zero-order valence-corrected chi connectivity index (χ0v) is 15.3. The van der Waals surface area contributed by atoms with Gasteiger partial charge in [0.05, 0.1) is 7.11 Å². The van der Waals surface area contributed by atoms with Crippen LogP contribution < -0.4 is 10.3 Å². The van der Waals surface area contributed by atoms with E-state index in [9.17, 15) is 9.90 Å². The van der Waals surface area contributed by atoms with Gasteiger partial charge in [0.2, 0.25) is 0 Å². The van der Waals surface area contributed by atoms with E-state index in [1.807, 2.05) is 41.0 Å². The standard InChI is InChI=1S/C22H23NO3/c1-22(2)15(13-24)12-23-20(22)19(14-7-5-4-6-8-14)18-11-16(26-3)9-10-17(18)21(23)25/h4-11,15,24H,12-13H2,1-3H3. The fraction of sp³-hybridized carbons (Fsp3) is 0.318. The van der Waals surface area contributed by atoms with Crippen LogP contribution in [0.3, 0.4) is 0 Å². The molecule has 4 rings (SSSR count). The van der Waals surface area contributed by atoms with Crippen molar-refractivity contribution in [2.45, 2.75) is 25.8 Å². The highest BCUT2D eigenvalue weighted by Crippen LogP contribution is 2.45. The second kappa shape index (κ2) is 5.99. The zero-order chi connectivity index (χ0) is 18.5. The number of hydrogen-bond acceptors (Lipinski definition) is 3. The molecular formula is C22H23NO3. The molecule has 4 nitrogen and oxygen atoms in total. The number of methoxy groups -OCH3 is 1. The van der Waals surface area contributed by atoms with Gasteiger partial charge in [0.15, 0.2) is 0 Å². The van der Waals surface area contributed by atoms with Crippen LogP contribution in [-0.4, -0.2) is 23.4 Å². The smallest absolute Gasteiger partial charge is 0.258 e. The van der Waals surface area contributed by atoms with Gasteiger partial charge in [0.25, 0.3) is 5.56 Å². The van der Waals surface area contributed by atoms with Crippen LogP contribution in [0.15, 0.2) is 53.3 Å². The predicted octanol–water partition coefficient (Wildman–Crippen LogP) is 3.58. The minimum absolute atomic E-state index is 0.00126. The first-order chi connectivity index (χ1) is 12.5. The number of pyridine rings is 1. The van der Waals surface area contributed by atoms with E-state index in [1.165, 1.54) is 0 Å². The lowest BCUT2D eigenvalue weighted by Gasteiger charge is -2.28. The molecule has 1 aromatic heterocycles. The second-order valence-electron chi connectivity index (χ2n) is 7.52. The maximum absolute atomic E-state index is 13.2. The van der Waals surface area contributed by atoms with Crippen molar-refractivity contribution >= 4 is 10.8 Å². The van der Waals surface area contributed by atoms with Gasteiger partial charge >= 0.3 is 0 Å². The van der Waals surface area contributed by atoms with E-state index < -0.39 is 0 Å². The third-order valence-electron chi connectivity index (χ3n) is 5.80. The number of ether oxygens (including phenoxy) is 1. The quantitative estimate of drug-likeness (QED) is 0.786. The van der Waals surface area contributed by atoms with Crippen molar-refractivity contribution in [2.75, 3.05) is 13.7 Å². The Morgan fingerprint density at radius 2 is 1.88 bits per heavy atom. The topological polar surface area (TPSA) is 51.5 Å². The fourth-order valence-corrected chi connectivity index (χ4v) is 4.22. The Hall–Kier alpha value is -2.59. The van der Waals surface area contributed by atoms with Crippen LogP contribution in [0.5, 0.6) is 5.75 Å². The molecule has 0 aliphatic carbocycles. The number of aliphatic hydroxyl groups excluding tert-OH is 1. The lowest BCUT2D eigenvalue weighted by atomic mass is 9.76. The predicted molar refractivity (Wildman–Crippen MR) is 104 cm³/mol. The Labute approximate surface area is 152 Å². The average Bonchev–Trinajstić information content (AvgIpc) is 2.93. The van der Waals surface area contributed by atoms with E-state index in [0.717, 1.165) is 28.0 Å². The average molecular weight is 349 g/mol. The first kappa shape index (κ1) is 16.9. The lowest BCUT2D eigenvalue weighted by molar-refractivity contribution is 0.176. The molecule has 1 aliphatic rings. The van der Waals surface area contributed by atoms with Crippen molar-refractivity contribution in [3.05, 3.63) is 64.6 Å². The highest BCUT2D eigenvalue weighted by molar-refractivity contribution is 5.98. The normalized spacial score (nSPS) is 18.1. The second-order valence-corrected chi connectivity index (χ2v) is 7.52. The van der Waals surface area contributed by atoms with Gasteiger partial charge in [0, 0.05) is 46.5 Å². The molecule has 0 fully saturated rings. The molecule has 3 aromatic rings. The molecule has 1 unspecified atom stereocenters. The number of nitrogens with zero attached hydrogens (tertiary/aromatic N) is 1. The molecule has 26 heavy (non-hydrogen) atoms. The number of hydrogen-bond donors (Lipinski definition) is 1. The van der Waals surface area contributed by atoms with Crippen molar-refractivity contribution in [2.24, 2.45) is 5.92 Å². The van der Waals surface area contributed by atoms with E-state index >= 15 is 0 Å². The summed E-state index contributed by atoms with van der Waals surface area (Å²) >= 11 is 0. The minimum atomic E-state index is -0.309. The molecule has 2 aromatic carbocycles. The van der Waals surface area contributed by atoms with E-state index in [4.69, 9.17) is 4.74 Å². The van der Waals surface area contributed by atoms with Gasteiger partial charge in [-0.3, -0.25) is 4.79 Å². The highest BCUT2D eigenvalue weighted by atomic mass is 16.5. The molecule has 0 spiro atoms. The molecule has 0 saturated heterocycles. The van der Waals surface area contributed by atoms with Gasteiger partial charge in [-0.25, -0.2) is 0 Å². The fourth-order valence-electron chi connectivity index (χ4n) is 4.22. The van der Waals surface area contributed by atoms with Gasteiger partial charge in [-0.05, 0) is 23.8 Å². The summed E-state index contributed by atoms with van der Waals surface area (Å²) in [6, 6.07) is 15.8. The summed E-state index contributed by atoms with van der Waals surface area (Å²) in [4.78, 5) is 13.2.